The lowest BCUT2D eigenvalue weighted by Crippen LogP contribution is -2.60. The predicted molar refractivity (Wildman–Crippen MR) is 160 cm³/mol. The fourth-order valence-corrected chi connectivity index (χ4v) is 5.13. The van der Waals surface area contributed by atoms with Crippen molar-refractivity contribution in [2.45, 2.75) is 58.0 Å². The number of aliphatic hydroxyl groups is 1. The molecule has 0 spiro atoms. The van der Waals surface area contributed by atoms with Gasteiger partial charge in [-0.25, -0.2) is 0 Å². The Morgan fingerprint density at radius 1 is 0.932 bits per heavy atom. The number of amides is 4. The Bertz CT molecular complexity index is 1340. The summed E-state index contributed by atoms with van der Waals surface area (Å²) < 4.78 is 16.5. The predicted octanol–water partition coefficient (Wildman–Crippen LogP) is 0.0896. The number of benzene rings is 2. The zero-order chi connectivity index (χ0) is 31.8. The molecule has 1 fully saturated rings. The van der Waals surface area contributed by atoms with E-state index in [-0.39, 0.29) is 45.3 Å². The Hall–Kier alpha value is -4.36. The summed E-state index contributed by atoms with van der Waals surface area (Å²) in [6, 6.07) is 9.42. The molecule has 0 radical (unpaired) electrons. The minimum Gasteiger partial charge on any atom is -0.493 e. The van der Waals surface area contributed by atoms with E-state index in [0.717, 1.165) is 11.1 Å². The third-order valence-electron chi connectivity index (χ3n) is 7.46. The Kier molecular flexibility index (Phi) is 11.0. The standard InChI is InChI=1S/C31H41N5O8/c1-18(2)26-31(41)33-22(12-20-8-6-5-7-9-20)29(39)35-27(19(3)37)30(40)32-10-11-36(16-25(38)34-26)15-21-13-23(42-4)28-24(14-21)43-17-44-28/h5-9,13-14,18-19,22,26-27,37H,10-12,15-17H2,1-4H3,(H,32,40)(H,33,41)(H,34,38)(H,35,39)/t19-,22+,26-,27+/m1/s1. The number of methoxy groups -OCH3 is 1. The molecule has 4 rings (SSSR count). The third kappa shape index (κ3) is 8.38. The first-order chi connectivity index (χ1) is 21.0. The average Bonchev–Trinajstić information content (AvgIpc) is 3.46. The van der Waals surface area contributed by atoms with Crippen molar-refractivity contribution in [1.82, 2.24) is 26.2 Å². The van der Waals surface area contributed by atoms with Gasteiger partial charge in [-0.05, 0) is 36.1 Å². The van der Waals surface area contributed by atoms with Crippen LogP contribution in [0.4, 0.5) is 0 Å². The summed E-state index contributed by atoms with van der Waals surface area (Å²) in [4.78, 5) is 55.2. The molecule has 4 amide bonds. The summed E-state index contributed by atoms with van der Waals surface area (Å²) in [5.41, 5.74) is 1.56. The Labute approximate surface area is 256 Å². The topological polar surface area (TPSA) is 168 Å². The first kappa shape index (κ1) is 32.6. The van der Waals surface area contributed by atoms with Crippen LogP contribution in [0, 0.1) is 5.92 Å². The molecule has 2 aromatic rings. The smallest absolute Gasteiger partial charge is 0.245 e. The van der Waals surface area contributed by atoms with Gasteiger partial charge >= 0.3 is 0 Å². The van der Waals surface area contributed by atoms with Crippen molar-refractivity contribution in [2.24, 2.45) is 5.92 Å². The van der Waals surface area contributed by atoms with Crippen molar-refractivity contribution in [3.05, 3.63) is 53.6 Å². The van der Waals surface area contributed by atoms with Gasteiger partial charge < -0.3 is 40.6 Å². The van der Waals surface area contributed by atoms with Gasteiger partial charge in [0.25, 0.3) is 0 Å². The number of nitrogens with zero attached hydrogens (tertiary/aromatic N) is 1. The highest BCUT2D eigenvalue weighted by Crippen LogP contribution is 2.42. The minimum atomic E-state index is -1.27. The maximum absolute atomic E-state index is 13.5. The number of nitrogens with one attached hydrogen (secondary N) is 4. The molecule has 2 heterocycles. The Balaban J connectivity index is 1.60. The van der Waals surface area contributed by atoms with E-state index >= 15 is 0 Å². The number of fused-ring (bicyclic) bond motifs is 1. The fourth-order valence-electron chi connectivity index (χ4n) is 5.13. The van der Waals surface area contributed by atoms with Crippen molar-refractivity contribution in [1.29, 1.82) is 0 Å². The molecule has 0 aromatic heterocycles. The zero-order valence-electron chi connectivity index (χ0n) is 25.4. The molecule has 5 N–H and O–H groups in total. The van der Waals surface area contributed by atoms with Crippen LogP contribution in [0.2, 0.25) is 0 Å². The van der Waals surface area contributed by atoms with Crippen molar-refractivity contribution in [2.75, 3.05) is 33.5 Å². The van der Waals surface area contributed by atoms with Gasteiger partial charge in [0.05, 0.1) is 19.8 Å². The fraction of sp³-hybridized carbons (Fsp3) is 0.484. The first-order valence-electron chi connectivity index (χ1n) is 14.6. The largest absolute Gasteiger partial charge is 0.493 e. The van der Waals surface area contributed by atoms with Gasteiger partial charge in [0.15, 0.2) is 11.5 Å². The third-order valence-corrected chi connectivity index (χ3v) is 7.46. The average molecular weight is 612 g/mol. The van der Waals surface area contributed by atoms with Crippen LogP contribution in [-0.4, -0.2) is 91.4 Å². The number of ether oxygens (including phenoxy) is 3. The van der Waals surface area contributed by atoms with E-state index in [1.54, 1.807) is 30.9 Å². The van der Waals surface area contributed by atoms with Gasteiger partial charge in [0, 0.05) is 26.1 Å². The molecular weight excluding hydrogens is 570 g/mol. The van der Waals surface area contributed by atoms with E-state index in [1.807, 2.05) is 30.3 Å². The first-order valence-corrected chi connectivity index (χ1v) is 14.6. The minimum absolute atomic E-state index is 0.0686. The summed E-state index contributed by atoms with van der Waals surface area (Å²) in [7, 11) is 1.52. The highest BCUT2D eigenvalue weighted by atomic mass is 16.7. The van der Waals surface area contributed by atoms with Gasteiger partial charge in [-0.3, -0.25) is 24.1 Å². The molecule has 4 atom stereocenters. The summed E-state index contributed by atoms with van der Waals surface area (Å²) >= 11 is 0. The van der Waals surface area contributed by atoms with Crippen LogP contribution in [0.5, 0.6) is 17.2 Å². The lowest BCUT2D eigenvalue weighted by Gasteiger charge is -2.27. The van der Waals surface area contributed by atoms with E-state index in [4.69, 9.17) is 14.2 Å². The molecule has 44 heavy (non-hydrogen) atoms. The summed E-state index contributed by atoms with van der Waals surface area (Å²) in [6.45, 7) is 5.62. The Morgan fingerprint density at radius 3 is 2.36 bits per heavy atom. The van der Waals surface area contributed by atoms with Crippen LogP contribution in [0.15, 0.2) is 42.5 Å². The molecule has 0 saturated carbocycles. The van der Waals surface area contributed by atoms with Crippen LogP contribution in [-0.2, 0) is 32.1 Å². The number of aliphatic hydroxyl groups excluding tert-OH is 1. The van der Waals surface area contributed by atoms with E-state index in [1.165, 1.54) is 14.0 Å². The normalized spacial score (nSPS) is 22.6. The lowest BCUT2D eigenvalue weighted by atomic mass is 10.0. The summed E-state index contributed by atoms with van der Waals surface area (Å²) in [5, 5.41) is 21.4. The SMILES string of the molecule is COc1cc(CN2CCNC(=O)[C@H]([C@@H](C)O)NC(=O)[C@H](Cc3ccccc3)NC(=O)[C@@H](C(C)C)NC(=O)C2)cc2c1OCO2. The zero-order valence-corrected chi connectivity index (χ0v) is 25.4. The quantitative estimate of drug-likeness (QED) is 0.292. The van der Waals surface area contributed by atoms with Gasteiger partial charge in [-0.15, -0.1) is 0 Å². The number of carbonyl (C=O) groups excluding carboxylic acids is 4. The Morgan fingerprint density at radius 2 is 1.68 bits per heavy atom. The van der Waals surface area contributed by atoms with E-state index in [9.17, 15) is 24.3 Å². The van der Waals surface area contributed by atoms with Gasteiger partial charge in [-0.2, -0.15) is 0 Å². The summed E-state index contributed by atoms with van der Waals surface area (Å²) in [5.74, 6) is -0.956. The molecule has 1 saturated heterocycles. The molecular formula is C31H41N5O8. The number of hydrogen-bond acceptors (Lipinski definition) is 9. The lowest BCUT2D eigenvalue weighted by molar-refractivity contribution is -0.135. The molecule has 0 aliphatic carbocycles. The van der Waals surface area contributed by atoms with E-state index < -0.39 is 47.9 Å². The molecule has 0 bridgehead atoms. The van der Waals surface area contributed by atoms with Crippen molar-refractivity contribution < 1.29 is 38.5 Å². The molecule has 2 aliphatic heterocycles. The van der Waals surface area contributed by atoms with Gasteiger partial charge in [0.2, 0.25) is 36.2 Å². The second-order valence-corrected chi connectivity index (χ2v) is 11.3. The highest BCUT2D eigenvalue weighted by Gasteiger charge is 2.33. The van der Waals surface area contributed by atoms with Crippen LogP contribution in [0.3, 0.4) is 0 Å². The highest BCUT2D eigenvalue weighted by molar-refractivity contribution is 5.95. The number of carbonyl (C=O) groups is 4. The van der Waals surface area contributed by atoms with Crippen molar-refractivity contribution in [3.63, 3.8) is 0 Å². The molecule has 2 aliphatic rings. The second-order valence-electron chi connectivity index (χ2n) is 11.3. The monoisotopic (exact) mass is 611 g/mol. The number of hydrogen-bond donors (Lipinski definition) is 5. The van der Waals surface area contributed by atoms with Crippen LogP contribution in [0.1, 0.15) is 31.9 Å². The molecule has 2 aromatic carbocycles. The van der Waals surface area contributed by atoms with Crippen LogP contribution in [0.25, 0.3) is 0 Å². The van der Waals surface area contributed by atoms with Gasteiger partial charge in [-0.1, -0.05) is 44.2 Å². The van der Waals surface area contributed by atoms with Crippen molar-refractivity contribution >= 4 is 23.6 Å². The molecule has 13 nitrogen and oxygen atoms in total. The maximum Gasteiger partial charge on any atom is 0.245 e. The van der Waals surface area contributed by atoms with Crippen molar-refractivity contribution in [3.8, 4) is 17.2 Å². The van der Waals surface area contributed by atoms with Crippen LogP contribution >= 0.6 is 0 Å². The maximum atomic E-state index is 13.5. The number of rotatable bonds is 7. The molecule has 238 valence electrons. The second kappa shape index (κ2) is 14.9. The summed E-state index contributed by atoms with van der Waals surface area (Å²) in [6.07, 6.45) is -1.08. The molecule has 13 heteroatoms. The van der Waals surface area contributed by atoms with E-state index in [2.05, 4.69) is 21.3 Å². The van der Waals surface area contributed by atoms with Crippen LogP contribution < -0.4 is 35.5 Å². The van der Waals surface area contributed by atoms with E-state index in [0.29, 0.717) is 17.2 Å². The molecule has 0 unspecified atom stereocenters. The van der Waals surface area contributed by atoms with Gasteiger partial charge in [0.1, 0.15) is 18.1 Å².